The van der Waals surface area contributed by atoms with Crippen LogP contribution in [0.4, 0.5) is 0 Å². The molecule has 0 heterocycles. The molecule has 1 aromatic carbocycles. The Bertz CT molecular complexity index is 343. The average molecular weight is 252 g/mol. The third-order valence-electron chi connectivity index (χ3n) is 3.89. The molecule has 1 aliphatic rings. The number of hydrogen-bond acceptors (Lipinski definition) is 1. The maximum Gasteiger partial charge on any atom is 0.0409 e. The van der Waals surface area contributed by atoms with Crippen molar-refractivity contribution in [1.29, 1.82) is 0 Å². The second-order valence-corrected chi connectivity index (χ2v) is 5.51. The Morgan fingerprint density at radius 1 is 1.18 bits per heavy atom. The van der Waals surface area contributed by atoms with Crippen molar-refractivity contribution in [3.05, 3.63) is 34.9 Å². The standard InChI is InChI=1S/C15H22ClN/c1-17-15(12-7-4-2-3-5-8-12)13-9-6-10-14(16)11-13/h6,9-12,15,17H,2-5,7-8H2,1H3. The van der Waals surface area contributed by atoms with Crippen LogP contribution in [0, 0.1) is 5.92 Å². The number of halogens is 1. The van der Waals surface area contributed by atoms with Crippen LogP contribution in [0.5, 0.6) is 0 Å². The van der Waals surface area contributed by atoms with Gasteiger partial charge < -0.3 is 5.32 Å². The first-order valence-electron chi connectivity index (χ1n) is 6.74. The summed E-state index contributed by atoms with van der Waals surface area (Å²) in [7, 11) is 2.07. The van der Waals surface area contributed by atoms with Gasteiger partial charge in [-0.1, -0.05) is 49.4 Å². The third-order valence-corrected chi connectivity index (χ3v) is 4.13. The smallest absolute Gasteiger partial charge is 0.0409 e. The van der Waals surface area contributed by atoms with Crippen LogP contribution in [0.15, 0.2) is 24.3 Å². The van der Waals surface area contributed by atoms with Crippen molar-refractivity contribution in [1.82, 2.24) is 5.32 Å². The van der Waals surface area contributed by atoms with E-state index in [-0.39, 0.29) is 0 Å². The van der Waals surface area contributed by atoms with Crippen LogP contribution < -0.4 is 5.32 Å². The highest BCUT2D eigenvalue weighted by Gasteiger charge is 2.22. The molecule has 0 spiro atoms. The summed E-state index contributed by atoms with van der Waals surface area (Å²) < 4.78 is 0. The van der Waals surface area contributed by atoms with Crippen LogP contribution in [0.3, 0.4) is 0 Å². The molecule has 1 saturated carbocycles. The Labute approximate surface area is 110 Å². The summed E-state index contributed by atoms with van der Waals surface area (Å²) in [6.07, 6.45) is 8.26. The fourth-order valence-corrected chi connectivity index (χ4v) is 3.22. The average Bonchev–Trinajstić information content (AvgIpc) is 2.59. The van der Waals surface area contributed by atoms with Crippen LogP contribution >= 0.6 is 11.6 Å². The lowest BCUT2D eigenvalue weighted by Crippen LogP contribution is -2.25. The monoisotopic (exact) mass is 251 g/mol. The van der Waals surface area contributed by atoms with Gasteiger partial charge in [0.15, 0.2) is 0 Å². The number of rotatable bonds is 3. The SMILES string of the molecule is CNC(c1cccc(Cl)c1)C1CCCCCC1. The van der Waals surface area contributed by atoms with E-state index >= 15 is 0 Å². The minimum atomic E-state index is 0.465. The molecule has 0 bridgehead atoms. The number of benzene rings is 1. The molecule has 0 amide bonds. The zero-order valence-corrected chi connectivity index (χ0v) is 11.3. The quantitative estimate of drug-likeness (QED) is 0.776. The van der Waals surface area contributed by atoms with E-state index in [4.69, 9.17) is 11.6 Å². The molecule has 94 valence electrons. The normalized spacial score (nSPS) is 19.9. The van der Waals surface area contributed by atoms with Gasteiger partial charge in [-0.2, -0.15) is 0 Å². The summed E-state index contributed by atoms with van der Waals surface area (Å²) in [5, 5.41) is 4.33. The predicted octanol–water partition coefficient (Wildman–Crippen LogP) is 4.57. The van der Waals surface area contributed by atoms with Gasteiger partial charge in [-0.05, 0) is 43.5 Å². The van der Waals surface area contributed by atoms with E-state index in [1.54, 1.807) is 0 Å². The first-order chi connectivity index (χ1) is 8.31. The van der Waals surface area contributed by atoms with Gasteiger partial charge in [0.25, 0.3) is 0 Å². The van der Waals surface area contributed by atoms with Crippen LogP contribution in [-0.4, -0.2) is 7.05 Å². The third kappa shape index (κ3) is 3.46. The Hall–Kier alpha value is -0.530. The van der Waals surface area contributed by atoms with Crippen molar-refractivity contribution < 1.29 is 0 Å². The molecule has 0 radical (unpaired) electrons. The van der Waals surface area contributed by atoms with E-state index < -0.39 is 0 Å². The Balaban J connectivity index is 2.14. The van der Waals surface area contributed by atoms with Crippen molar-refractivity contribution in [3.63, 3.8) is 0 Å². The Morgan fingerprint density at radius 2 is 1.88 bits per heavy atom. The van der Waals surface area contributed by atoms with Crippen LogP contribution in [-0.2, 0) is 0 Å². The largest absolute Gasteiger partial charge is 0.313 e. The van der Waals surface area contributed by atoms with Crippen LogP contribution in [0.1, 0.15) is 50.1 Å². The molecule has 2 rings (SSSR count). The second kappa shape index (κ2) is 6.42. The first-order valence-corrected chi connectivity index (χ1v) is 7.12. The molecule has 1 aromatic rings. The molecule has 1 unspecified atom stereocenters. The highest BCUT2D eigenvalue weighted by molar-refractivity contribution is 6.30. The van der Waals surface area contributed by atoms with Gasteiger partial charge >= 0.3 is 0 Å². The zero-order valence-electron chi connectivity index (χ0n) is 10.6. The highest BCUT2D eigenvalue weighted by atomic mass is 35.5. The second-order valence-electron chi connectivity index (χ2n) is 5.07. The van der Waals surface area contributed by atoms with E-state index in [1.165, 1.54) is 44.1 Å². The summed E-state index contributed by atoms with van der Waals surface area (Å²) in [6.45, 7) is 0. The van der Waals surface area contributed by atoms with Crippen molar-refractivity contribution in [2.75, 3.05) is 7.05 Å². The number of hydrogen-bond donors (Lipinski definition) is 1. The summed E-state index contributed by atoms with van der Waals surface area (Å²) in [4.78, 5) is 0. The van der Waals surface area contributed by atoms with Gasteiger partial charge in [0.05, 0.1) is 0 Å². The zero-order chi connectivity index (χ0) is 12.1. The molecule has 17 heavy (non-hydrogen) atoms. The van der Waals surface area contributed by atoms with Gasteiger partial charge in [-0.3, -0.25) is 0 Å². The lowest BCUT2D eigenvalue weighted by atomic mass is 9.87. The van der Waals surface area contributed by atoms with E-state index in [0.29, 0.717) is 6.04 Å². The molecule has 2 heteroatoms. The molecule has 1 atom stereocenters. The minimum Gasteiger partial charge on any atom is -0.313 e. The molecule has 1 aliphatic carbocycles. The minimum absolute atomic E-state index is 0.465. The summed E-state index contributed by atoms with van der Waals surface area (Å²) in [5.74, 6) is 0.765. The fourth-order valence-electron chi connectivity index (χ4n) is 3.02. The van der Waals surface area contributed by atoms with Crippen molar-refractivity contribution in [3.8, 4) is 0 Å². The molecule has 0 saturated heterocycles. The topological polar surface area (TPSA) is 12.0 Å². The highest BCUT2D eigenvalue weighted by Crippen LogP contribution is 2.33. The summed E-state index contributed by atoms with van der Waals surface area (Å²) >= 11 is 6.09. The molecule has 1 fully saturated rings. The molecule has 0 aromatic heterocycles. The van der Waals surface area contributed by atoms with E-state index in [0.717, 1.165) is 10.9 Å². The maximum absolute atomic E-state index is 6.09. The lowest BCUT2D eigenvalue weighted by Gasteiger charge is -2.26. The number of nitrogens with one attached hydrogen (secondary N) is 1. The van der Waals surface area contributed by atoms with Gasteiger partial charge in [0.2, 0.25) is 0 Å². The fraction of sp³-hybridized carbons (Fsp3) is 0.600. The lowest BCUT2D eigenvalue weighted by molar-refractivity contribution is 0.341. The van der Waals surface area contributed by atoms with Crippen LogP contribution in [0.25, 0.3) is 0 Å². The van der Waals surface area contributed by atoms with Gasteiger partial charge in [0.1, 0.15) is 0 Å². The molecular formula is C15H22ClN. The van der Waals surface area contributed by atoms with Gasteiger partial charge in [-0.25, -0.2) is 0 Å². The van der Waals surface area contributed by atoms with Crippen LogP contribution in [0.2, 0.25) is 5.02 Å². The Morgan fingerprint density at radius 3 is 2.47 bits per heavy atom. The van der Waals surface area contributed by atoms with Crippen molar-refractivity contribution in [2.45, 2.75) is 44.6 Å². The molecule has 1 N–H and O–H groups in total. The molecule has 1 nitrogen and oxygen atoms in total. The van der Waals surface area contributed by atoms with E-state index in [1.807, 2.05) is 6.07 Å². The van der Waals surface area contributed by atoms with E-state index in [9.17, 15) is 0 Å². The Kier molecular flexibility index (Phi) is 4.87. The van der Waals surface area contributed by atoms with Crippen molar-refractivity contribution >= 4 is 11.6 Å². The first kappa shape index (κ1) is 12.9. The van der Waals surface area contributed by atoms with E-state index in [2.05, 4.69) is 30.6 Å². The van der Waals surface area contributed by atoms with Gasteiger partial charge in [0, 0.05) is 11.1 Å². The predicted molar refractivity (Wildman–Crippen MR) is 74.4 cm³/mol. The van der Waals surface area contributed by atoms with Crippen molar-refractivity contribution in [2.24, 2.45) is 5.92 Å². The molecular weight excluding hydrogens is 230 g/mol. The summed E-state index contributed by atoms with van der Waals surface area (Å²) in [5.41, 5.74) is 1.34. The van der Waals surface area contributed by atoms with Gasteiger partial charge in [-0.15, -0.1) is 0 Å². The summed E-state index contributed by atoms with van der Waals surface area (Å²) in [6, 6.07) is 8.77. The molecule has 0 aliphatic heterocycles. The maximum atomic E-state index is 6.09.